The van der Waals surface area contributed by atoms with Crippen LogP contribution in [-0.2, 0) is 6.54 Å². The maximum atomic E-state index is 10.9. The second kappa shape index (κ2) is 5.71. The average Bonchev–Trinajstić information content (AvgIpc) is 2.89. The van der Waals surface area contributed by atoms with Crippen LogP contribution >= 0.6 is 22.9 Å². The number of nitrogens with one attached hydrogen (secondary N) is 1. The van der Waals surface area contributed by atoms with E-state index in [4.69, 9.17) is 11.6 Å². The largest absolute Gasteiger partial charge is 0.381 e. The molecule has 3 rings (SSSR count). The zero-order valence-corrected chi connectivity index (χ0v) is 12.4. The molecule has 1 heterocycles. The molecular weight excluding hydrogens is 308 g/mol. The number of hydrogen-bond donors (Lipinski definition) is 1. The highest BCUT2D eigenvalue weighted by atomic mass is 35.5. The van der Waals surface area contributed by atoms with Gasteiger partial charge in [-0.15, -0.1) is 11.3 Å². The van der Waals surface area contributed by atoms with Crippen molar-refractivity contribution in [2.45, 2.75) is 6.54 Å². The van der Waals surface area contributed by atoms with Crippen LogP contribution in [0.4, 0.5) is 11.4 Å². The van der Waals surface area contributed by atoms with Crippen molar-refractivity contribution < 1.29 is 4.92 Å². The van der Waals surface area contributed by atoms with Gasteiger partial charge in [0.25, 0.3) is 5.69 Å². The van der Waals surface area contributed by atoms with Gasteiger partial charge < -0.3 is 5.32 Å². The lowest BCUT2D eigenvalue weighted by Crippen LogP contribution is -1.99. The molecule has 0 aliphatic carbocycles. The molecule has 0 saturated heterocycles. The van der Waals surface area contributed by atoms with E-state index in [0.717, 1.165) is 0 Å². The van der Waals surface area contributed by atoms with Crippen molar-refractivity contribution in [3.05, 3.63) is 68.5 Å². The fourth-order valence-corrected chi connectivity index (χ4v) is 3.28. The van der Waals surface area contributed by atoms with Gasteiger partial charge in [0.1, 0.15) is 5.02 Å². The number of benzene rings is 2. The summed E-state index contributed by atoms with van der Waals surface area (Å²) in [5, 5.41) is 17.5. The van der Waals surface area contributed by atoms with Crippen LogP contribution in [0.5, 0.6) is 0 Å². The van der Waals surface area contributed by atoms with Crippen molar-refractivity contribution in [2.75, 3.05) is 5.32 Å². The lowest BCUT2D eigenvalue weighted by atomic mass is 10.2. The Hall–Kier alpha value is -2.11. The summed E-state index contributed by atoms with van der Waals surface area (Å²) in [7, 11) is 0. The summed E-state index contributed by atoms with van der Waals surface area (Å²) in [5.41, 5.74) is 1.77. The van der Waals surface area contributed by atoms with Crippen molar-refractivity contribution in [1.29, 1.82) is 0 Å². The Bertz CT molecular complexity index is 816. The van der Waals surface area contributed by atoms with Gasteiger partial charge in [-0.3, -0.25) is 10.1 Å². The Kier molecular flexibility index (Phi) is 3.77. The van der Waals surface area contributed by atoms with Crippen molar-refractivity contribution in [3.63, 3.8) is 0 Å². The molecule has 0 saturated carbocycles. The Balaban J connectivity index is 1.82. The smallest absolute Gasteiger partial charge is 0.289 e. The molecule has 0 fully saturated rings. The van der Waals surface area contributed by atoms with E-state index < -0.39 is 4.92 Å². The quantitative estimate of drug-likeness (QED) is 0.539. The van der Waals surface area contributed by atoms with E-state index in [2.05, 4.69) is 22.8 Å². The van der Waals surface area contributed by atoms with Crippen molar-refractivity contribution in [3.8, 4) is 0 Å². The van der Waals surface area contributed by atoms with Crippen molar-refractivity contribution in [2.24, 2.45) is 0 Å². The lowest BCUT2D eigenvalue weighted by molar-refractivity contribution is -0.384. The highest BCUT2D eigenvalue weighted by Gasteiger charge is 2.12. The Labute approximate surface area is 130 Å². The van der Waals surface area contributed by atoms with Crippen LogP contribution in [0.25, 0.3) is 10.1 Å². The summed E-state index contributed by atoms with van der Waals surface area (Å²) in [6, 6.07) is 12.9. The average molecular weight is 319 g/mol. The number of fused-ring (bicyclic) bond motifs is 1. The third-order valence-corrected chi connectivity index (χ3v) is 4.52. The number of anilines is 1. The minimum absolute atomic E-state index is 0.0863. The zero-order chi connectivity index (χ0) is 14.8. The molecular formula is C15H11ClN2O2S. The number of nitro groups is 1. The first-order valence-corrected chi connectivity index (χ1v) is 7.54. The third-order valence-electron chi connectivity index (χ3n) is 3.19. The molecule has 1 N–H and O–H groups in total. The molecule has 1 aromatic heterocycles. The monoisotopic (exact) mass is 318 g/mol. The van der Waals surface area contributed by atoms with Crippen LogP contribution in [0, 0.1) is 10.1 Å². The summed E-state index contributed by atoms with van der Waals surface area (Å²) in [6.07, 6.45) is 0. The van der Waals surface area contributed by atoms with E-state index in [1.807, 2.05) is 12.1 Å². The summed E-state index contributed by atoms with van der Waals surface area (Å²) in [5.74, 6) is 0. The molecule has 0 aliphatic heterocycles. The first-order valence-electron chi connectivity index (χ1n) is 6.28. The zero-order valence-electron chi connectivity index (χ0n) is 10.9. The second-order valence-electron chi connectivity index (χ2n) is 4.53. The third kappa shape index (κ3) is 2.84. The maximum Gasteiger partial charge on any atom is 0.289 e. The molecule has 0 unspecified atom stereocenters. The molecule has 106 valence electrons. The van der Waals surface area contributed by atoms with E-state index in [9.17, 15) is 10.1 Å². The number of rotatable bonds is 4. The predicted molar refractivity (Wildman–Crippen MR) is 87.3 cm³/mol. The number of hydrogen-bond acceptors (Lipinski definition) is 4. The van der Waals surface area contributed by atoms with Crippen LogP contribution in [0.2, 0.25) is 5.02 Å². The molecule has 21 heavy (non-hydrogen) atoms. The fourth-order valence-electron chi connectivity index (χ4n) is 2.13. The standard InChI is InChI=1S/C15H11ClN2O2S/c16-13-6-5-11(7-14(13)18(19)20)17-8-10-9-21-15-4-2-1-3-12(10)15/h1-7,9,17H,8H2. The number of halogens is 1. The molecule has 0 amide bonds. The van der Waals surface area contributed by atoms with Gasteiger partial charge >= 0.3 is 0 Å². The van der Waals surface area contributed by atoms with E-state index in [0.29, 0.717) is 12.2 Å². The van der Waals surface area contributed by atoms with Gasteiger partial charge in [0, 0.05) is 23.0 Å². The second-order valence-corrected chi connectivity index (χ2v) is 5.85. The van der Waals surface area contributed by atoms with Crippen LogP contribution in [0.15, 0.2) is 47.8 Å². The minimum atomic E-state index is -0.479. The molecule has 0 spiro atoms. The molecule has 3 aromatic rings. The van der Waals surface area contributed by atoms with Gasteiger partial charge in [-0.25, -0.2) is 0 Å². The molecule has 0 atom stereocenters. The van der Waals surface area contributed by atoms with Crippen LogP contribution in [-0.4, -0.2) is 4.92 Å². The van der Waals surface area contributed by atoms with Crippen LogP contribution < -0.4 is 5.32 Å². The van der Waals surface area contributed by atoms with E-state index in [-0.39, 0.29) is 10.7 Å². The summed E-state index contributed by atoms with van der Waals surface area (Å²) >= 11 is 7.49. The molecule has 6 heteroatoms. The number of nitrogens with zero attached hydrogens (tertiary/aromatic N) is 1. The Morgan fingerprint density at radius 3 is 2.86 bits per heavy atom. The van der Waals surface area contributed by atoms with Crippen LogP contribution in [0.1, 0.15) is 5.56 Å². The van der Waals surface area contributed by atoms with Gasteiger partial charge in [-0.1, -0.05) is 29.8 Å². The van der Waals surface area contributed by atoms with E-state index >= 15 is 0 Å². The number of thiophene rings is 1. The maximum absolute atomic E-state index is 10.9. The van der Waals surface area contributed by atoms with Crippen molar-refractivity contribution >= 4 is 44.4 Å². The normalized spacial score (nSPS) is 10.7. The number of nitro benzene ring substituents is 1. The Morgan fingerprint density at radius 2 is 2.05 bits per heavy atom. The van der Waals surface area contributed by atoms with Gasteiger partial charge in [0.05, 0.1) is 4.92 Å². The molecule has 2 aromatic carbocycles. The van der Waals surface area contributed by atoms with Gasteiger partial charge in [0.15, 0.2) is 0 Å². The predicted octanol–water partition coefficient (Wildman–Crippen LogP) is 5.08. The highest BCUT2D eigenvalue weighted by Crippen LogP contribution is 2.29. The first kappa shape index (κ1) is 13.9. The van der Waals surface area contributed by atoms with Crippen molar-refractivity contribution in [1.82, 2.24) is 0 Å². The SMILES string of the molecule is O=[N+]([O-])c1cc(NCc2csc3ccccc23)ccc1Cl. The van der Waals surface area contributed by atoms with Gasteiger partial charge in [-0.05, 0) is 34.5 Å². The topological polar surface area (TPSA) is 55.2 Å². The van der Waals surface area contributed by atoms with Gasteiger partial charge in [0.2, 0.25) is 0 Å². The highest BCUT2D eigenvalue weighted by molar-refractivity contribution is 7.17. The van der Waals surface area contributed by atoms with Gasteiger partial charge in [-0.2, -0.15) is 0 Å². The summed E-state index contributed by atoms with van der Waals surface area (Å²) in [6.45, 7) is 0.614. The lowest BCUT2D eigenvalue weighted by Gasteiger charge is -2.06. The molecule has 0 radical (unpaired) electrons. The van der Waals surface area contributed by atoms with Crippen LogP contribution in [0.3, 0.4) is 0 Å². The minimum Gasteiger partial charge on any atom is -0.381 e. The summed E-state index contributed by atoms with van der Waals surface area (Å²) < 4.78 is 1.23. The molecule has 0 aliphatic rings. The fraction of sp³-hybridized carbons (Fsp3) is 0.0667. The Morgan fingerprint density at radius 1 is 1.24 bits per heavy atom. The van der Waals surface area contributed by atoms with E-state index in [1.54, 1.807) is 17.4 Å². The van der Waals surface area contributed by atoms with E-state index in [1.165, 1.54) is 27.8 Å². The first-order chi connectivity index (χ1) is 10.1. The molecule has 4 nitrogen and oxygen atoms in total. The summed E-state index contributed by atoms with van der Waals surface area (Å²) in [4.78, 5) is 10.4. The molecule has 0 bridgehead atoms.